The summed E-state index contributed by atoms with van der Waals surface area (Å²) in [4.78, 5) is 4.24. The highest BCUT2D eigenvalue weighted by molar-refractivity contribution is 14.0. The maximum atomic E-state index is 5.71. The fourth-order valence-electron chi connectivity index (χ4n) is 2.74. The molecule has 7 nitrogen and oxygen atoms in total. The molecule has 1 aliphatic heterocycles. The van der Waals surface area contributed by atoms with Gasteiger partial charge in [0, 0.05) is 50.9 Å². The Labute approximate surface area is 179 Å². The van der Waals surface area contributed by atoms with Gasteiger partial charge in [-0.3, -0.25) is 4.99 Å². The predicted octanol–water partition coefficient (Wildman–Crippen LogP) is 2.43. The average molecular weight is 493 g/mol. The minimum Gasteiger partial charge on any atom is -0.497 e. The number of guanidine groups is 1. The zero-order chi connectivity index (χ0) is 18.6. The number of nitrogens with zero attached hydrogens (tertiary/aromatic N) is 1. The lowest BCUT2D eigenvalue weighted by Crippen LogP contribution is -2.37. The van der Waals surface area contributed by atoms with E-state index in [9.17, 15) is 0 Å². The normalized spacial score (nSPS) is 16.6. The molecule has 1 aromatic carbocycles. The molecule has 1 fully saturated rings. The third kappa shape index (κ3) is 8.52. The van der Waals surface area contributed by atoms with Gasteiger partial charge in [-0.15, -0.1) is 24.0 Å². The third-order valence-electron chi connectivity index (χ3n) is 4.30. The number of rotatable bonds is 10. The van der Waals surface area contributed by atoms with E-state index in [1.165, 1.54) is 0 Å². The van der Waals surface area contributed by atoms with Gasteiger partial charge in [-0.05, 0) is 25.0 Å². The third-order valence-corrected chi connectivity index (χ3v) is 4.30. The van der Waals surface area contributed by atoms with Crippen molar-refractivity contribution in [1.82, 2.24) is 10.6 Å². The summed E-state index contributed by atoms with van der Waals surface area (Å²) < 4.78 is 21.7. The quantitative estimate of drug-likeness (QED) is 0.226. The summed E-state index contributed by atoms with van der Waals surface area (Å²) in [5, 5.41) is 6.59. The van der Waals surface area contributed by atoms with Crippen molar-refractivity contribution in [3.63, 3.8) is 0 Å². The second-order valence-electron chi connectivity index (χ2n) is 6.19. The van der Waals surface area contributed by atoms with Gasteiger partial charge < -0.3 is 29.6 Å². The Morgan fingerprint density at radius 3 is 2.78 bits per heavy atom. The number of nitrogens with one attached hydrogen (secondary N) is 2. The van der Waals surface area contributed by atoms with E-state index in [4.69, 9.17) is 18.9 Å². The van der Waals surface area contributed by atoms with Crippen LogP contribution in [0, 0.1) is 5.92 Å². The van der Waals surface area contributed by atoms with E-state index in [2.05, 4.69) is 15.6 Å². The standard InChI is InChI=1S/C19H31N3O4.HI/c1-20-19(21-8-4-9-25-13-15-7-10-26-14-15)22-12-16-5-6-17(23-2)11-18(16)24-3;/h5-6,11,15H,4,7-10,12-14H2,1-3H3,(H2,20,21,22);1H. The van der Waals surface area contributed by atoms with Gasteiger partial charge in [-0.2, -0.15) is 0 Å². The van der Waals surface area contributed by atoms with Gasteiger partial charge in [0.25, 0.3) is 0 Å². The van der Waals surface area contributed by atoms with Gasteiger partial charge in [-0.25, -0.2) is 0 Å². The molecule has 2 N–H and O–H groups in total. The molecule has 27 heavy (non-hydrogen) atoms. The number of hydrogen-bond donors (Lipinski definition) is 2. The summed E-state index contributed by atoms with van der Waals surface area (Å²) in [6.07, 6.45) is 2.05. The summed E-state index contributed by atoms with van der Waals surface area (Å²) in [6, 6.07) is 5.78. The summed E-state index contributed by atoms with van der Waals surface area (Å²) in [5.41, 5.74) is 1.04. The molecule has 1 saturated heterocycles. The zero-order valence-electron chi connectivity index (χ0n) is 16.5. The molecule has 0 amide bonds. The van der Waals surface area contributed by atoms with Crippen LogP contribution in [-0.2, 0) is 16.0 Å². The second kappa shape index (κ2) is 13.8. The maximum absolute atomic E-state index is 5.71. The van der Waals surface area contributed by atoms with Gasteiger partial charge in [0.05, 0.1) is 27.4 Å². The first-order chi connectivity index (χ1) is 12.8. The highest BCUT2D eigenvalue weighted by atomic mass is 127. The lowest BCUT2D eigenvalue weighted by Gasteiger charge is -2.14. The van der Waals surface area contributed by atoms with Crippen molar-refractivity contribution in [3.05, 3.63) is 23.8 Å². The van der Waals surface area contributed by atoms with E-state index in [1.54, 1.807) is 21.3 Å². The Hall–Kier alpha value is -1.26. The molecule has 154 valence electrons. The molecule has 0 aliphatic carbocycles. The molecule has 1 unspecified atom stereocenters. The number of methoxy groups -OCH3 is 2. The van der Waals surface area contributed by atoms with E-state index < -0.39 is 0 Å². The van der Waals surface area contributed by atoms with Crippen LogP contribution in [0.25, 0.3) is 0 Å². The molecule has 8 heteroatoms. The number of benzene rings is 1. The first-order valence-electron chi connectivity index (χ1n) is 9.07. The van der Waals surface area contributed by atoms with Crippen LogP contribution in [0.15, 0.2) is 23.2 Å². The second-order valence-corrected chi connectivity index (χ2v) is 6.19. The van der Waals surface area contributed by atoms with Crippen molar-refractivity contribution >= 4 is 29.9 Å². The minimum absolute atomic E-state index is 0. The van der Waals surface area contributed by atoms with Crippen LogP contribution in [-0.4, -0.2) is 60.2 Å². The summed E-state index contributed by atoms with van der Waals surface area (Å²) in [7, 11) is 5.06. The fraction of sp³-hybridized carbons (Fsp3) is 0.632. The van der Waals surface area contributed by atoms with Crippen LogP contribution in [0.3, 0.4) is 0 Å². The maximum Gasteiger partial charge on any atom is 0.191 e. The molecule has 2 rings (SSSR count). The Morgan fingerprint density at radius 1 is 1.26 bits per heavy atom. The summed E-state index contributed by atoms with van der Waals surface area (Å²) in [6.45, 7) is 4.67. The van der Waals surface area contributed by atoms with Crippen molar-refractivity contribution in [2.24, 2.45) is 10.9 Å². The van der Waals surface area contributed by atoms with Crippen LogP contribution < -0.4 is 20.1 Å². The number of aliphatic imine (C=N–C) groups is 1. The van der Waals surface area contributed by atoms with Crippen LogP contribution in [0.5, 0.6) is 11.5 Å². The predicted molar refractivity (Wildman–Crippen MR) is 118 cm³/mol. The monoisotopic (exact) mass is 493 g/mol. The molecule has 1 aliphatic rings. The number of halogens is 1. The van der Waals surface area contributed by atoms with Gasteiger partial charge in [0.2, 0.25) is 0 Å². The molecule has 0 saturated carbocycles. The Kier molecular flexibility index (Phi) is 12.2. The van der Waals surface area contributed by atoms with Crippen molar-refractivity contribution in [2.75, 3.05) is 54.2 Å². The van der Waals surface area contributed by atoms with Gasteiger partial charge in [-0.1, -0.05) is 0 Å². The first-order valence-corrected chi connectivity index (χ1v) is 9.07. The van der Waals surface area contributed by atoms with Crippen molar-refractivity contribution in [2.45, 2.75) is 19.4 Å². The Morgan fingerprint density at radius 2 is 2.11 bits per heavy atom. The van der Waals surface area contributed by atoms with E-state index in [0.29, 0.717) is 12.5 Å². The smallest absolute Gasteiger partial charge is 0.191 e. The molecule has 1 heterocycles. The summed E-state index contributed by atoms with van der Waals surface area (Å²) >= 11 is 0. The lowest BCUT2D eigenvalue weighted by atomic mass is 10.1. The molecule has 0 radical (unpaired) electrons. The molecular formula is C19H32IN3O4. The minimum atomic E-state index is 0. The van der Waals surface area contributed by atoms with E-state index in [-0.39, 0.29) is 24.0 Å². The Bertz CT molecular complexity index is 566. The van der Waals surface area contributed by atoms with Gasteiger partial charge >= 0.3 is 0 Å². The number of ether oxygens (including phenoxy) is 4. The van der Waals surface area contributed by atoms with Crippen molar-refractivity contribution < 1.29 is 18.9 Å². The highest BCUT2D eigenvalue weighted by Gasteiger charge is 2.15. The van der Waals surface area contributed by atoms with Gasteiger partial charge in [0.15, 0.2) is 5.96 Å². The molecule has 0 aromatic heterocycles. The largest absolute Gasteiger partial charge is 0.497 e. The average Bonchev–Trinajstić information content (AvgIpc) is 3.20. The SMILES string of the molecule is CN=C(NCCCOCC1CCOC1)NCc1ccc(OC)cc1OC.I. The number of hydrogen-bond acceptors (Lipinski definition) is 5. The lowest BCUT2D eigenvalue weighted by molar-refractivity contribution is 0.0888. The van der Waals surface area contributed by atoms with Crippen molar-refractivity contribution in [1.29, 1.82) is 0 Å². The molecule has 0 bridgehead atoms. The van der Waals surface area contributed by atoms with Crippen LogP contribution in [0.4, 0.5) is 0 Å². The highest BCUT2D eigenvalue weighted by Crippen LogP contribution is 2.24. The van der Waals surface area contributed by atoms with Crippen LogP contribution in [0.1, 0.15) is 18.4 Å². The van der Waals surface area contributed by atoms with E-state index >= 15 is 0 Å². The van der Waals surface area contributed by atoms with Crippen molar-refractivity contribution in [3.8, 4) is 11.5 Å². The first kappa shape index (κ1) is 23.8. The Balaban J connectivity index is 0.00000364. The van der Waals surface area contributed by atoms with Crippen LogP contribution >= 0.6 is 24.0 Å². The topological polar surface area (TPSA) is 73.3 Å². The van der Waals surface area contributed by atoms with Gasteiger partial charge in [0.1, 0.15) is 11.5 Å². The molecule has 1 atom stereocenters. The molecular weight excluding hydrogens is 461 g/mol. The van der Waals surface area contributed by atoms with Crippen LogP contribution in [0.2, 0.25) is 0 Å². The molecule has 0 spiro atoms. The van der Waals surface area contributed by atoms with E-state index in [1.807, 2.05) is 18.2 Å². The zero-order valence-corrected chi connectivity index (χ0v) is 18.8. The summed E-state index contributed by atoms with van der Waals surface area (Å²) in [5.74, 6) is 2.89. The van der Waals surface area contributed by atoms with E-state index in [0.717, 1.165) is 68.8 Å². The molecule has 1 aromatic rings. The fourth-order valence-corrected chi connectivity index (χ4v) is 2.74.